The molecule has 0 amide bonds. The van der Waals surface area contributed by atoms with Gasteiger partial charge in [-0.25, -0.2) is 0 Å². The number of thiocarbonyl (C=S) groups is 1. The van der Waals surface area contributed by atoms with Crippen molar-refractivity contribution in [3.63, 3.8) is 0 Å². The van der Waals surface area contributed by atoms with Gasteiger partial charge >= 0.3 is 6.01 Å². The van der Waals surface area contributed by atoms with E-state index in [9.17, 15) is 0 Å². The Hall–Kier alpha value is -2.15. The van der Waals surface area contributed by atoms with Gasteiger partial charge in [0.1, 0.15) is 5.75 Å². The summed E-state index contributed by atoms with van der Waals surface area (Å²) in [5.74, 6) is 1.14. The summed E-state index contributed by atoms with van der Waals surface area (Å²) in [4.78, 5) is 0. The highest BCUT2D eigenvalue weighted by Crippen LogP contribution is 2.22. The van der Waals surface area contributed by atoms with E-state index in [1.54, 1.807) is 19.2 Å². The molecule has 0 saturated carbocycles. The molecule has 0 aliphatic rings. The second-order valence-corrected chi connectivity index (χ2v) is 3.57. The Kier molecular flexibility index (Phi) is 3.20. The number of hydrogen-bond acceptors (Lipinski definition) is 5. The van der Waals surface area contributed by atoms with E-state index in [2.05, 4.69) is 27.7 Å². The Labute approximate surface area is 103 Å². The number of benzene rings is 1. The summed E-state index contributed by atoms with van der Waals surface area (Å²) < 4.78 is 10.4. The lowest BCUT2D eigenvalue weighted by Gasteiger charge is -1.99. The largest absolute Gasteiger partial charge is 0.497 e. The van der Waals surface area contributed by atoms with Crippen LogP contribution >= 0.6 is 12.2 Å². The van der Waals surface area contributed by atoms with E-state index in [1.165, 1.54) is 0 Å². The molecule has 2 rings (SSSR count). The SMILES string of the molecule is COc1ccc(-c2nnc(NC(N)=S)o2)cc1. The quantitative estimate of drug-likeness (QED) is 0.796. The zero-order chi connectivity index (χ0) is 12.3. The average Bonchev–Trinajstić information content (AvgIpc) is 2.77. The minimum Gasteiger partial charge on any atom is -0.497 e. The Balaban J connectivity index is 2.21. The van der Waals surface area contributed by atoms with Crippen molar-refractivity contribution < 1.29 is 9.15 Å². The predicted molar refractivity (Wildman–Crippen MR) is 66.7 cm³/mol. The molecule has 2 aromatic rings. The van der Waals surface area contributed by atoms with Gasteiger partial charge in [0.2, 0.25) is 5.89 Å². The molecule has 3 N–H and O–H groups in total. The molecule has 0 aliphatic heterocycles. The molecule has 0 aliphatic carbocycles. The Morgan fingerprint density at radius 2 is 2.06 bits per heavy atom. The van der Waals surface area contributed by atoms with E-state index in [0.29, 0.717) is 5.89 Å². The van der Waals surface area contributed by atoms with Crippen molar-refractivity contribution in [3.05, 3.63) is 24.3 Å². The maximum Gasteiger partial charge on any atom is 0.322 e. The van der Waals surface area contributed by atoms with Gasteiger partial charge in [-0.15, -0.1) is 5.10 Å². The van der Waals surface area contributed by atoms with Crippen LogP contribution in [0, 0.1) is 0 Å². The van der Waals surface area contributed by atoms with E-state index in [-0.39, 0.29) is 11.1 Å². The lowest BCUT2D eigenvalue weighted by Crippen LogP contribution is -2.18. The molecule has 0 atom stereocenters. The van der Waals surface area contributed by atoms with Gasteiger partial charge in [0.15, 0.2) is 5.11 Å². The standard InChI is InChI=1S/C10H10N4O2S/c1-15-7-4-2-6(3-5-7)8-13-14-10(16-8)12-9(11)17/h2-5H,1H3,(H3,11,12,14,17). The van der Waals surface area contributed by atoms with Crippen LogP contribution in [0.25, 0.3) is 11.5 Å². The monoisotopic (exact) mass is 250 g/mol. The van der Waals surface area contributed by atoms with Crippen molar-refractivity contribution in [2.24, 2.45) is 5.73 Å². The number of methoxy groups -OCH3 is 1. The molecular formula is C10H10N4O2S. The third-order valence-electron chi connectivity index (χ3n) is 1.99. The van der Waals surface area contributed by atoms with Gasteiger partial charge in [-0.05, 0) is 36.5 Å². The van der Waals surface area contributed by atoms with E-state index in [4.69, 9.17) is 14.9 Å². The Bertz CT molecular complexity index is 523. The van der Waals surface area contributed by atoms with Gasteiger partial charge in [0.25, 0.3) is 0 Å². The molecule has 0 spiro atoms. The molecule has 0 saturated heterocycles. The van der Waals surface area contributed by atoms with Crippen LogP contribution in [0.4, 0.5) is 6.01 Å². The van der Waals surface area contributed by atoms with Gasteiger partial charge in [0, 0.05) is 5.56 Å². The summed E-state index contributed by atoms with van der Waals surface area (Å²) in [7, 11) is 1.60. The summed E-state index contributed by atoms with van der Waals surface area (Å²) in [6, 6.07) is 7.41. The number of anilines is 1. The highest BCUT2D eigenvalue weighted by Gasteiger charge is 2.08. The first-order chi connectivity index (χ1) is 8.19. The van der Waals surface area contributed by atoms with E-state index < -0.39 is 0 Å². The molecule has 1 aromatic carbocycles. The molecule has 88 valence electrons. The van der Waals surface area contributed by atoms with Crippen molar-refractivity contribution in [2.75, 3.05) is 12.4 Å². The van der Waals surface area contributed by atoms with Gasteiger partial charge < -0.3 is 14.9 Å². The molecular weight excluding hydrogens is 240 g/mol. The number of nitrogens with zero attached hydrogens (tertiary/aromatic N) is 2. The summed E-state index contributed by atoms with van der Waals surface area (Å²) in [6.07, 6.45) is 0. The lowest BCUT2D eigenvalue weighted by atomic mass is 10.2. The van der Waals surface area contributed by atoms with Crippen LogP contribution in [0.2, 0.25) is 0 Å². The molecule has 1 heterocycles. The summed E-state index contributed by atoms with van der Waals surface area (Å²) in [5, 5.41) is 10.2. The zero-order valence-corrected chi connectivity index (χ0v) is 9.82. The third kappa shape index (κ3) is 2.70. The van der Waals surface area contributed by atoms with Crippen LogP contribution in [-0.4, -0.2) is 22.4 Å². The fraction of sp³-hybridized carbons (Fsp3) is 0.100. The van der Waals surface area contributed by atoms with Gasteiger partial charge in [0.05, 0.1) is 7.11 Å². The summed E-state index contributed by atoms with van der Waals surface area (Å²) in [5.41, 5.74) is 6.07. The van der Waals surface area contributed by atoms with Crippen LogP contribution in [0.5, 0.6) is 5.75 Å². The molecule has 1 aromatic heterocycles. The van der Waals surface area contributed by atoms with Crippen LogP contribution in [0.1, 0.15) is 0 Å². The Morgan fingerprint density at radius 3 is 2.65 bits per heavy atom. The molecule has 7 heteroatoms. The van der Waals surface area contributed by atoms with Crippen molar-refractivity contribution in [1.82, 2.24) is 10.2 Å². The smallest absolute Gasteiger partial charge is 0.322 e. The van der Waals surface area contributed by atoms with Crippen LogP contribution in [0.3, 0.4) is 0 Å². The first-order valence-corrected chi connectivity index (χ1v) is 5.14. The van der Waals surface area contributed by atoms with E-state index >= 15 is 0 Å². The van der Waals surface area contributed by atoms with E-state index in [1.807, 2.05) is 12.1 Å². The van der Waals surface area contributed by atoms with Gasteiger partial charge in [-0.2, -0.15) is 0 Å². The Morgan fingerprint density at radius 1 is 1.35 bits per heavy atom. The number of hydrogen-bond donors (Lipinski definition) is 2. The lowest BCUT2D eigenvalue weighted by molar-refractivity contribution is 0.415. The molecule has 0 bridgehead atoms. The van der Waals surface area contributed by atoms with Gasteiger partial charge in [-0.3, -0.25) is 5.32 Å². The van der Waals surface area contributed by atoms with Crippen molar-refractivity contribution in [1.29, 1.82) is 0 Å². The van der Waals surface area contributed by atoms with Crippen LogP contribution in [-0.2, 0) is 0 Å². The first-order valence-electron chi connectivity index (χ1n) is 4.73. The van der Waals surface area contributed by atoms with Crippen molar-refractivity contribution >= 4 is 23.3 Å². The average molecular weight is 250 g/mol. The number of nitrogens with two attached hydrogens (primary N) is 1. The van der Waals surface area contributed by atoms with Crippen LogP contribution < -0.4 is 15.8 Å². The molecule has 0 fully saturated rings. The molecule has 17 heavy (non-hydrogen) atoms. The maximum absolute atomic E-state index is 5.31. The number of aromatic nitrogens is 2. The highest BCUT2D eigenvalue weighted by molar-refractivity contribution is 7.80. The second-order valence-electron chi connectivity index (χ2n) is 3.13. The third-order valence-corrected chi connectivity index (χ3v) is 2.09. The topological polar surface area (TPSA) is 86.2 Å². The minimum absolute atomic E-state index is 0.0786. The van der Waals surface area contributed by atoms with Crippen LogP contribution in [0.15, 0.2) is 28.7 Å². The van der Waals surface area contributed by atoms with E-state index in [0.717, 1.165) is 11.3 Å². The van der Waals surface area contributed by atoms with Gasteiger partial charge in [-0.1, -0.05) is 5.10 Å². The number of nitrogens with one attached hydrogen (secondary N) is 1. The predicted octanol–water partition coefficient (Wildman–Crippen LogP) is 1.40. The number of rotatable bonds is 3. The normalized spacial score (nSPS) is 9.94. The minimum atomic E-state index is 0.0786. The van der Waals surface area contributed by atoms with Crippen molar-refractivity contribution in [2.45, 2.75) is 0 Å². The molecule has 6 nitrogen and oxygen atoms in total. The van der Waals surface area contributed by atoms with Crippen molar-refractivity contribution in [3.8, 4) is 17.2 Å². The fourth-order valence-corrected chi connectivity index (χ4v) is 1.32. The molecule has 0 radical (unpaired) electrons. The second kappa shape index (κ2) is 4.79. The highest BCUT2D eigenvalue weighted by atomic mass is 32.1. The first kappa shape index (κ1) is 11.3. The maximum atomic E-state index is 5.31. The molecule has 0 unspecified atom stereocenters. The zero-order valence-electron chi connectivity index (χ0n) is 9.01. The number of ether oxygens (including phenoxy) is 1. The summed E-state index contributed by atoms with van der Waals surface area (Å²) >= 11 is 4.66. The summed E-state index contributed by atoms with van der Waals surface area (Å²) in [6.45, 7) is 0. The fourth-order valence-electron chi connectivity index (χ4n) is 1.23.